The molecule has 0 aromatic heterocycles. The zero-order valence-electron chi connectivity index (χ0n) is 8.15. The first kappa shape index (κ1) is 8.91. The van der Waals surface area contributed by atoms with Crippen molar-refractivity contribution >= 4 is 22.6 Å². The molecule has 0 saturated heterocycles. The molecule has 0 unspecified atom stereocenters. The molecular weight excluding hydrogens is 206 g/mol. The van der Waals surface area contributed by atoms with Gasteiger partial charge >= 0.3 is 0 Å². The summed E-state index contributed by atoms with van der Waals surface area (Å²) in [6.07, 6.45) is 0. The predicted molar refractivity (Wildman–Crippen MR) is 57.4 cm³/mol. The molecule has 4 nitrogen and oxygen atoms in total. The van der Waals surface area contributed by atoms with E-state index < -0.39 is 11.8 Å². The fraction of sp³-hybridized carbons (Fsp3) is 0. The highest BCUT2D eigenvalue weighted by Crippen LogP contribution is 2.32. The molecule has 78 valence electrons. The van der Waals surface area contributed by atoms with Gasteiger partial charge in [-0.3, -0.25) is 14.9 Å². The van der Waals surface area contributed by atoms with Gasteiger partial charge in [0.15, 0.2) is 0 Å². The fourth-order valence-electron chi connectivity index (χ4n) is 2.01. The van der Waals surface area contributed by atoms with Crippen molar-refractivity contribution in [3.8, 4) is 5.75 Å². The molecule has 2 amide bonds. The van der Waals surface area contributed by atoms with Gasteiger partial charge in [-0.05, 0) is 18.2 Å². The molecular formula is C12H7NO3. The smallest absolute Gasteiger partial charge is 0.258 e. The summed E-state index contributed by atoms with van der Waals surface area (Å²) in [5.74, 6) is -0.773. The largest absolute Gasteiger partial charge is 0.507 e. The van der Waals surface area contributed by atoms with Gasteiger partial charge < -0.3 is 5.11 Å². The van der Waals surface area contributed by atoms with E-state index in [1.165, 1.54) is 12.1 Å². The highest BCUT2D eigenvalue weighted by molar-refractivity contribution is 6.26. The molecule has 2 aromatic rings. The van der Waals surface area contributed by atoms with Gasteiger partial charge in [0.1, 0.15) is 5.75 Å². The number of hydrogen-bond acceptors (Lipinski definition) is 3. The predicted octanol–water partition coefficient (Wildman–Crippen LogP) is 1.43. The molecule has 2 aromatic carbocycles. The van der Waals surface area contributed by atoms with Crippen LogP contribution >= 0.6 is 0 Å². The Bertz CT molecular complexity index is 626. The van der Waals surface area contributed by atoms with Gasteiger partial charge in [-0.15, -0.1) is 0 Å². The molecule has 4 heteroatoms. The zero-order chi connectivity index (χ0) is 11.3. The van der Waals surface area contributed by atoms with Gasteiger partial charge in [-0.1, -0.05) is 12.1 Å². The Labute approximate surface area is 90.5 Å². The van der Waals surface area contributed by atoms with Crippen LogP contribution in [-0.4, -0.2) is 16.9 Å². The van der Waals surface area contributed by atoms with Crippen LogP contribution in [0.15, 0.2) is 30.3 Å². The van der Waals surface area contributed by atoms with Crippen molar-refractivity contribution in [3.63, 3.8) is 0 Å². The second kappa shape index (κ2) is 2.82. The van der Waals surface area contributed by atoms with Crippen LogP contribution in [0, 0.1) is 0 Å². The van der Waals surface area contributed by atoms with E-state index in [0.29, 0.717) is 21.9 Å². The molecule has 1 aliphatic rings. The summed E-state index contributed by atoms with van der Waals surface area (Å²) >= 11 is 0. The summed E-state index contributed by atoms with van der Waals surface area (Å²) in [7, 11) is 0. The maximum Gasteiger partial charge on any atom is 0.258 e. The highest BCUT2D eigenvalue weighted by Gasteiger charge is 2.25. The average molecular weight is 213 g/mol. The number of carbonyl (C=O) groups is 2. The summed E-state index contributed by atoms with van der Waals surface area (Å²) in [6, 6.07) is 7.97. The van der Waals surface area contributed by atoms with E-state index in [4.69, 9.17) is 0 Å². The van der Waals surface area contributed by atoms with E-state index in [2.05, 4.69) is 5.32 Å². The Hall–Kier alpha value is -2.36. The van der Waals surface area contributed by atoms with Gasteiger partial charge in [-0.2, -0.15) is 0 Å². The zero-order valence-corrected chi connectivity index (χ0v) is 8.15. The van der Waals surface area contributed by atoms with Crippen LogP contribution < -0.4 is 5.32 Å². The van der Waals surface area contributed by atoms with Crippen molar-refractivity contribution in [1.29, 1.82) is 0 Å². The van der Waals surface area contributed by atoms with E-state index >= 15 is 0 Å². The van der Waals surface area contributed by atoms with Crippen LogP contribution in [0.5, 0.6) is 5.75 Å². The van der Waals surface area contributed by atoms with Gasteiger partial charge in [0.2, 0.25) is 0 Å². The molecule has 0 radical (unpaired) electrons. The van der Waals surface area contributed by atoms with Gasteiger partial charge in [0.25, 0.3) is 11.8 Å². The molecule has 0 spiro atoms. The van der Waals surface area contributed by atoms with Crippen molar-refractivity contribution in [2.24, 2.45) is 0 Å². The first-order chi connectivity index (χ1) is 7.68. The third kappa shape index (κ3) is 0.982. The number of carbonyl (C=O) groups excluding carboxylic acids is 2. The van der Waals surface area contributed by atoms with E-state index in [0.717, 1.165) is 0 Å². The lowest BCUT2D eigenvalue weighted by Crippen LogP contribution is -2.34. The molecule has 1 heterocycles. The van der Waals surface area contributed by atoms with E-state index in [1.54, 1.807) is 18.2 Å². The van der Waals surface area contributed by atoms with Crippen LogP contribution in [0.3, 0.4) is 0 Å². The van der Waals surface area contributed by atoms with Crippen molar-refractivity contribution in [1.82, 2.24) is 5.32 Å². The molecule has 0 aliphatic carbocycles. The number of nitrogens with one attached hydrogen (secondary N) is 1. The van der Waals surface area contributed by atoms with Crippen molar-refractivity contribution in [2.75, 3.05) is 0 Å². The summed E-state index contributed by atoms with van der Waals surface area (Å²) in [6.45, 7) is 0. The Kier molecular flexibility index (Phi) is 1.57. The summed E-state index contributed by atoms with van der Waals surface area (Å²) in [4.78, 5) is 23.2. The molecule has 0 bridgehead atoms. The van der Waals surface area contributed by atoms with E-state index in [-0.39, 0.29) is 5.75 Å². The summed E-state index contributed by atoms with van der Waals surface area (Å²) in [5.41, 5.74) is 0.839. The normalized spacial score (nSPS) is 14.0. The third-order valence-corrected chi connectivity index (χ3v) is 2.73. The first-order valence-electron chi connectivity index (χ1n) is 4.79. The Morgan fingerprint density at radius 1 is 0.938 bits per heavy atom. The second-order valence-corrected chi connectivity index (χ2v) is 3.64. The minimum Gasteiger partial charge on any atom is -0.507 e. The molecule has 16 heavy (non-hydrogen) atoms. The molecule has 2 N–H and O–H groups in total. The van der Waals surface area contributed by atoms with Crippen LogP contribution in [0.4, 0.5) is 0 Å². The molecule has 0 saturated carbocycles. The molecule has 3 rings (SSSR count). The number of rotatable bonds is 0. The quantitative estimate of drug-likeness (QED) is 0.650. The monoisotopic (exact) mass is 213 g/mol. The number of phenols is 1. The maximum absolute atomic E-state index is 11.6. The van der Waals surface area contributed by atoms with Crippen LogP contribution in [0.1, 0.15) is 20.7 Å². The highest BCUT2D eigenvalue weighted by atomic mass is 16.3. The van der Waals surface area contributed by atoms with Gasteiger partial charge in [0, 0.05) is 21.9 Å². The topological polar surface area (TPSA) is 66.4 Å². The maximum atomic E-state index is 11.6. The minimum absolute atomic E-state index is 0.0723. The van der Waals surface area contributed by atoms with Gasteiger partial charge in [-0.25, -0.2) is 0 Å². The lowest BCUT2D eigenvalue weighted by atomic mass is 9.95. The number of benzene rings is 2. The van der Waals surface area contributed by atoms with Crippen molar-refractivity contribution in [3.05, 3.63) is 41.5 Å². The first-order valence-corrected chi connectivity index (χ1v) is 4.79. The third-order valence-electron chi connectivity index (χ3n) is 2.73. The number of hydrogen-bond donors (Lipinski definition) is 2. The number of imide groups is 1. The van der Waals surface area contributed by atoms with Crippen LogP contribution in [-0.2, 0) is 0 Å². The van der Waals surface area contributed by atoms with Gasteiger partial charge in [0.05, 0.1) is 0 Å². The minimum atomic E-state index is -0.423. The second-order valence-electron chi connectivity index (χ2n) is 3.64. The fourth-order valence-corrected chi connectivity index (χ4v) is 2.01. The lowest BCUT2D eigenvalue weighted by molar-refractivity contribution is 0.0845. The lowest BCUT2D eigenvalue weighted by Gasteiger charge is -2.16. The molecule has 0 atom stereocenters. The Morgan fingerprint density at radius 2 is 1.62 bits per heavy atom. The average Bonchev–Trinajstić information content (AvgIpc) is 2.27. The molecule has 0 fully saturated rings. The molecule has 1 aliphatic heterocycles. The summed E-state index contributed by atoms with van der Waals surface area (Å²) < 4.78 is 0. The van der Waals surface area contributed by atoms with E-state index in [1.807, 2.05) is 0 Å². The van der Waals surface area contributed by atoms with Crippen LogP contribution in [0.25, 0.3) is 10.8 Å². The van der Waals surface area contributed by atoms with Crippen LogP contribution in [0.2, 0.25) is 0 Å². The number of amides is 2. The number of aromatic hydroxyl groups is 1. The standard InChI is InChI=1S/C12H7NO3/c14-9-5-4-8-10-6(9)2-1-3-7(10)11(15)13-12(8)16/h1-5,14H,(H,13,15,16). The SMILES string of the molecule is O=C1NC(=O)c2ccc(O)c3cccc1c23. The van der Waals surface area contributed by atoms with Crippen molar-refractivity contribution in [2.45, 2.75) is 0 Å². The van der Waals surface area contributed by atoms with E-state index in [9.17, 15) is 14.7 Å². The summed E-state index contributed by atoms with van der Waals surface area (Å²) in [5, 5.41) is 13.0. The van der Waals surface area contributed by atoms with Crippen molar-refractivity contribution < 1.29 is 14.7 Å². The number of phenolic OH excluding ortho intramolecular Hbond substituents is 1. The Balaban J connectivity index is 2.57. The Morgan fingerprint density at radius 3 is 2.38 bits per heavy atom.